The number of epoxide rings is 1. The second-order valence-corrected chi connectivity index (χ2v) is 10.2. The number of benzene rings is 1. The van der Waals surface area contributed by atoms with Gasteiger partial charge in [-0.25, -0.2) is 0 Å². The molecular formula is C24H37NO4S. The molecule has 30 heavy (non-hydrogen) atoms. The van der Waals surface area contributed by atoms with Gasteiger partial charge in [0.2, 0.25) is 0 Å². The third kappa shape index (κ3) is 4.95. The summed E-state index contributed by atoms with van der Waals surface area (Å²) in [6.07, 6.45) is 4.24. The van der Waals surface area contributed by atoms with Crippen LogP contribution >= 0.6 is 11.8 Å². The Bertz CT molecular complexity index is 752. The molecule has 1 aromatic rings. The lowest BCUT2D eigenvalue weighted by molar-refractivity contribution is -0.134. The molecule has 1 aromatic carbocycles. The van der Waals surface area contributed by atoms with Crippen LogP contribution in [0.15, 0.2) is 35.9 Å². The Balaban J connectivity index is 1.75. The van der Waals surface area contributed by atoms with Crippen LogP contribution < -0.4 is 5.73 Å². The molecule has 0 bridgehead atoms. The molecule has 4 N–H and O–H groups in total. The van der Waals surface area contributed by atoms with Crippen molar-refractivity contribution in [3.8, 4) is 0 Å². The Hall–Kier alpha value is -0.890. The Morgan fingerprint density at radius 3 is 2.67 bits per heavy atom. The lowest BCUT2D eigenvalue weighted by Gasteiger charge is -2.48. The van der Waals surface area contributed by atoms with E-state index < -0.39 is 11.2 Å². The van der Waals surface area contributed by atoms with Crippen molar-refractivity contribution >= 4 is 11.8 Å². The van der Waals surface area contributed by atoms with E-state index in [1.807, 2.05) is 24.3 Å². The third-order valence-corrected chi connectivity index (χ3v) is 7.97. The molecule has 0 unspecified atom stereocenters. The first-order valence-corrected chi connectivity index (χ1v) is 12.0. The van der Waals surface area contributed by atoms with Crippen LogP contribution in [0.3, 0.4) is 0 Å². The molecular weight excluding hydrogens is 398 g/mol. The van der Waals surface area contributed by atoms with E-state index in [4.69, 9.17) is 15.2 Å². The predicted octanol–water partition coefficient (Wildman–Crippen LogP) is 3.41. The monoisotopic (exact) mass is 435 g/mol. The lowest BCUT2D eigenvalue weighted by Crippen LogP contribution is -2.62. The molecule has 6 heteroatoms. The highest BCUT2D eigenvalue weighted by molar-refractivity contribution is 7.98. The van der Waals surface area contributed by atoms with E-state index in [1.54, 1.807) is 18.9 Å². The van der Waals surface area contributed by atoms with Gasteiger partial charge in [0.05, 0.1) is 24.4 Å². The minimum absolute atomic E-state index is 0.0299. The number of rotatable bonds is 9. The maximum Gasteiger partial charge on any atom is 0.100 e. The smallest absolute Gasteiger partial charge is 0.100 e. The fraction of sp³-hybridized carbons (Fsp3) is 0.667. The van der Waals surface area contributed by atoms with E-state index in [9.17, 15) is 10.2 Å². The molecule has 0 radical (unpaired) electrons. The Labute approximate surface area is 185 Å². The zero-order valence-electron chi connectivity index (χ0n) is 18.6. The van der Waals surface area contributed by atoms with Gasteiger partial charge in [0, 0.05) is 30.6 Å². The predicted molar refractivity (Wildman–Crippen MR) is 122 cm³/mol. The molecule has 1 saturated carbocycles. The maximum atomic E-state index is 11.8. The molecule has 1 saturated heterocycles. The zero-order chi connectivity index (χ0) is 21.9. The summed E-state index contributed by atoms with van der Waals surface area (Å²) in [5.74, 6) is 1.14. The molecule has 168 valence electrons. The highest BCUT2D eigenvalue weighted by atomic mass is 32.2. The number of allylic oxidation sites excluding steroid dienone is 1. The zero-order valence-corrected chi connectivity index (χ0v) is 19.5. The number of aliphatic hydroxyl groups excluding tert-OH is 1. The summed E-state index contributed by atoms with van der Waals surface area (Å²) in [7, 11) is 1.69. The number of thioether (sulfide) groups is 1. The average Bonchev–Trinajstić information content (AvgIpc) is 3.39. The summed E-state index contributed by atoms with van der Waals surface area (Å²) in [6, 6.07) is 7.80. The van der Waals surface area contributed by atoms with Crippen molar-refractivity contribution in [1.82, 2.24) is 0 Å². The Morgan fingerprint density at radius 2 is 2.03 bits per heavy atom. The van der Waals surface area contributed by atoms with Crippen LogP contribution in [0.2, 0.25) is 0 Å². The van der Waals surface area contributed by atoms with E-state index >= 15 is 0 Å². The van der Waals surface area contributed by atoms with Crippen LogP contribution in [0, 0.1) is 5.92 Å². The summed E-state index contributed by atoms with van der Waals surface area (Å²) in [5, 5.41) is 21.4. The fourth-order valence-electron chi connectivity index (χ4n) is 4.98. The minimum Gasteiger partial charge on any atom is -0.392 e. The topological polar surface area (TPSA) is 88.2 Å². The fourth-order valence-corrected chi connectivity index (χ4v) is 6.26. The van der Waals surface area contributed by atoms with E-state index in [2.05, 4.69) is 26.8 Å². The standard InChI is InChI=1S/C24H37NO4S/c1-16(2)9-10-20-23(3,29-20)22-21(28-4)19(25)11-12-24(22,27)15-30-14-18-8-6-5-7-17(18)13-26/h5-9,19-22,26-27H,10-15,25H2,1-4H3/t19-,20-,21-,22-,23+,24+/m1/s1. The molecule has 1 heterocycles. The van der Waals surface area contributed by atoms with Gasteiger partial charge >= 0.3 is 0 Å². The Kier molecular flexibility index (Phi) is 7.70. The molecule has 0 amide bonds. The van der Waals surface area contributed by atoms with Crippen molar-refractivity contribution in [2.45, 2.75) is 81.8 Å². The largest absolute Gasteiger partial charge is 0.392 e. The van der Waals surface area contributed by atoms with Gasteiger partial charge in [-0.2, -0.15) is 11.8 Å². The van der Waals surface area contributed by atoms with Gasteiger partial charge < -0.3 is 25.4 Å². The molecule has 6 atom stereocenters. The number of aliphatic hydroxyl groups is 2. The van der Waals surface area contributed by atoms with Crippen molar-refractivity contribution in [3.05, 3.63) is 47.0 Å². The summed E-state index contributed by atoms with van der Waals surface area (Å²) in [5.41, 5.74) is 8.37. The highest BCUT2D eigenvalue weighted by Gasteiger charge is 2.66. The van der Waals surface area contributed by atoms with Gasteiger partial charge in [-0.1, -0.05) is 35.9 Å². The second kappa shape index (κ2) is 9.72. The highest BCUT2D eigenvalue weighted by Crippen LogP contribution is 2.54. The van der Waals surface area contributed by atoms with Crippen LogP contribution in [0.5, 0.6) is 0 Å². The second-order valence-electron chi connectivity index (χ2n) is 9.21. The molecule has 1 aliphatic carbocycles. The first-order chi connectivity index (χ1) is 14.2. The quantitative estimate of drug-likeness (QED) is 0.407. The molecule has 2 aliphatic rings. The lowest BCUT2D eigenvalue weighted by atomic mass is 9.66. The van der Waals surface area contributed by atoms with Crippen LogP contribution in [0.4, 0.5) is 0 Å². The van der Waals surface area contributed by atoms with E-state index in [-0.39, 0.29) is 30.8 Å². The van der Waals surface area contributed by atoms with Gasteiger partial charge in [-0.05, 0) is 51.2 Å². The molecule has 2 fully saturated rings. The minimum atomic E-state index is -0.913. The first-order valence-electron chi connectivity index (χ1n) is 10.8. The summed E-state index contributed by atoms with van der Waals surface area (Å²) in [4.78, 5) is 0. The molecule has 0 aromatic heterocycles. The van der Waals surface area contributed by atoms with Gasteiger partial charge in [-0.3, -0.25) is 0 Å². The molecule has 3 rings (SSSR count). The summed E-state index contributed by atoms with van der Waals surface area (Å²) < 4.78 is 12.0. The first kappa shape index (κ1) is 23.8. The third-order valence-electron chi connectivity index (χ3n) is 6.75. The van der Waals surface area contributed by atoms with E-state index in [0.717, 1.165) is 29.7 Å². The molecule has 1 aliphatic heterocycles. The molecule has 0 spiro atoms. The number of hydrogen-bond acceptors (Lipinski definition) is 6. The normalized spacial score (nSPS) is 35.8. The van der Waals surface area contributed by atoms with E-state index in [1.165, 1.54) is 5.57 Å². The van der Waals surface area contributed by atoms with Gasteiger partial charge in [0.1, 0.15) is 5.60 Å². The number of methoxy groups -OCH3 is 1. The Morgan fingerprint density at radius 1 is 1.33 bits per heavy atom. The summed E-state index contributed by atoms with van der Waals surface area (Å²) >= 11 is 1.70. The van der Waals surface area contributed by atoms with Crippen molar-refractivity contribution < 1.29 is 19.7 Å². The average molecular weight is 436 g/mol. The van der Waals surface area contributed by atoms with Crippen molar-refractivity contribution in [3.63, 3.8) is 0 Å². The van der Waals surface area contributed by atoms with Crippen LogP contribution in [0.25, 0.3) is 0 Å². The van der Waals surface area contributed by atoms with Crippen LogP contribution in [0.1, 0.15) is 51.2 Å². The van der Waals surface area contributed by atoms with Gasteiger partial charge in [-0.15, -0.1) is 0 Å². The van der Waals surface area contributed by atoms with Crippen LogP contribution in [-0.2, 0) is 21.8 Å². The van der Waals surface area contributed by atoms with E-state index in [0.29, 0.717) is 12.2 Å². The SMILES string of the molecule is CO[C@@H]1[C@H](N)CC[C@](O)(CSCc2ccccc2CO)[C@H]1[C@@]1(C)O[C@@H]1CC=C(C)C. The van der Waals surface area contributed by atoms with Crippen molar-refractivity contribution in [2.75, 3.05) is 12.9 Å². The molecule has 5 nitrogen and oxygen atoms in total. The van der Waals surface area contributed by atoms with Gasteiger partial charge in [0.15, 0.2) is 0 Å². The van der Waals surface area contributed by atoms with Crippen LogP contribution in [-0.4, -0.2) is 52.5 Å². The number of hydrogen-bond donors (Lipinski definition) is 3. The number of nitrogens with two attached hydrogens (primary N) is 1. The van der Waals surface area contributed by atoms with Gasteiger partial charge in [0.25, 0.3) is 0 Å². The number of ether oxygens (including phenoxy) is 2. The maximum absolute atomic E-state index is 11.8. The van der Waals surface area contributed by atoms with Crippen molar-refractivity contribution in [1.29, 1.82) is 0 Å². The summed E-state index contributed by atoms with van der Waals surface area (Å²) in [6.45, 7) is 6.31. The van der Waals surface area contributed by atoms with Crippen molar-refractivity contribution in [2.24, 2.45) is 11.7 Å².